The van der Waals surface area contributed by atoms with E-state index in [9.17, 15) is 0 Å². The molecule has 1 rings (SSSR count). The van der Waals surface area contributed by atoms with Crippen molar-refractivity contribution in [2.75, 3.05) is 5.75 Å². The summed E-state index contributed by atoms with van der Waals surface area (Å²) >= 11 is 1.67. The fraction of sp³-hybridized carbons (Fsp3) is 0.250. The molecule has 0 N–H and O–H groups in total. The maximum atomic E-state index is 4.21. The zero-order chi connectivity index (χ0) is 8.10. The molecule has 0 bridgehead atoms. The molecule has 0 saturated heterocycles. The summed E-state index contributed by atoms with van der Waals surface area (Å²) in [5.41, 5.74) is 0. The molecule has 0 aliphatic rings. The van der Waals surface area contributed by atoms with Crippen LogP contribution < -0.4 is 0 Å². The maximum absolute atomic E-state index is 4.21. The molecular weight excluding hydrogens is 156 g/mol. The molecule has 0 saturated carbocycles. The van der Waals surface area contributed by atoms with E-state index in [-0.39, 0.29) is 0 Å². The first-order valence-corrected chi connectivity index (χ1v) is 4.35. The standard InChI is InChI=1S/C8H10N2S/c1-3-6-11-8-4-5-9-7(2)10-8/h3-5H,1,6H2,2H3. The molecule has 0 amide bonds. The molecule has 0 aromatic carbocycles. The first-order chi connectivity index (χ1) is 5.33. The Morgan fingerprint density at radius 2 is 2.55 bits per heavy atom. The lowest BCUT2D eigenvalue weighted by molar-refractivity contribution is 0.968. The van der Waals surface area contributed by atoms with Crippen LogP contribution in [0.1, 0.15) is 5.82 Å². The number of thioether (sulfide) groups is 1. The number of hydrogen-bond acceptors (Lipinski definition) is 3. The third-order valence-electron chi connectivity index (χ3n) is 1.10. The van der Waals surface area contributed by atoms with E-state index >= 15 is 0 Å². The molecule has 1 aromatic heterocycles. The lowest BCUT2D eigenvalue weighted by atomic mass is 10.6. The average molecular weight is 166 g/mol. The Morgan fingerprint density at radius 1 is 1.73 bits per heavy atom. The van der Waals surface area contributed by atoms with Gasteiger partial charge in [-0.1, -0.05) is 6.08 Å². The number of nitrogens with zero attached hydrogens (tertiary/aromatic N) is 2. The maximum Gasteiger partial charge on any atom is 0.126 e. The molecule has 0 unspecified atom stereocenters. The fourth-order valence-corrected chi connectivity index (χ4v) is 1.30. The van der Waals surface area contributed by atoms with E-state index < -0.39 is 0 Å². The molecule has 1 heterocycles. The Balaban J connectivity index is 2.63. The zero-order valence-corrected chi connectivity index (χ0v) is 7.27. The first kappa shape index (κ1) is 8.27. The Bertz CT molecular complexity index is 248. The molecular formula is C8H10N2S. The van der Waals surface area contributed by atoms with Gasteiger partial charge in [0.05, 0.1) is 5.03 Å². The molecule has 0 aliphatic heterocycles. The van der Waals surface area contributed by atoms with Crippen LogP contribution in [0.2, 0.25) is 0 Å². The van der Waals surface area contributed by atoms with Crippen molar-refractivity contribution in [1.82, 2.24) is 9.97 Å². The topological polar surface area (TPSA) is 25.8 Å². The summed E-state index contributed by atoms with van der Waals surface area (Å²) in [6.45, 7) is 5.52. The van der Waals surface area contributed by atoms with Crippen LogP contribution in [0.4, 0.5) is 0 Å². The highest BCUT2D eigenvalue weighted by molar-refractivity contribution is 7.99. The number of hydrogen-bond donors (Lipinski definition) is 0. The minimum absolute atomic E-state index is 0.819. The Hall–Kier alpha value is -0.830. The fourth-order valence-electron chi connectivity index (χ4n) is 0.659. The van der Waals surface area contributed by atoms with Crippen LogP contribution in [0.3, 0.4) is 0 Å². The van der Waals surface area contributed by atoms with Crippen LogP contribution in [0, 0.1) is 6.92 Å². The minimum atomic E-state index is 0.819. The molecule has 11 heavy (non-hydrogen) atoms. The van der Waals surface area contributed by atoms with Gasteiger partial charge in [-0.3, -0.25) is 0 Å². The lowest BCUT2D eigenvalue weighted by Crippen LogP contribution is -1.87. The highest BCUT2D eigenvalue weighted by atomic mass is 32.2. The smallest absolute Gasteiger partial charge is 0.126 e. The molecule has 0 aliphatic carbocycles. The summed E-state index contributed by atoms with van der Waals surface area (Å²) in [5, 5.41) is 1.01. The van der Waals surface area contributed by atoms with E-state index in [4.69, 9.17) is 0 Å². The third kappa shape index (κ3) is 2.72. The molecule has 0 atom stereocenters. The quantitative estimate of drug-likeness (QED) is 0.390. The molecule has 0 fully saturated rings. The van der Waals surface area contributed by atoms with E-state index in [1.807, 2.05) is 19.1 Å². The van der Waals surface area contributed by atoms with E-state index in [1.54, 1.807) is 18.0 Å². The Morgan fingerprint density at radius 3 is 3.18 bits per heavy atom. The molecule has 3 heteroatoms. The lowest BCUT2D eigenvalue weighted by Gasteiger charge is -1.96. The summed E-state index contributed by atoms with van der Waals surface area (Å²) in [6.07, 6.45) is 3.63. The van der Waals surface area contributed by atoms with Crippen molar-refractivity contribution in [1.29, 1.82) is 0 Å². The second-order valence-corrected chi connectivity index (χ2v) is 3.08. The van der Waals surface area contributed by atoms with Crippen molar-refractivity contribution in [2.24, 2.45) is 0 Å². The van der Waals surface area contributed by atoms with Crippen molar-refractivity contribution in [3.05, 3.63) is 30.7 Å². The van der Waals surface area contributed by atoms with Gasteiger partial charge in [-0.2, -0.15) is 0 Å². The van der Waals surface area contributed by atoms with Crippen LogP contribution in [0.25, 0.3) is 0 Å². The van der Waals surface area contributed by atoms with Gasteiger partial charge in [0, 0.05) is 11.9 Å². The van der Waals surface area contributed by atoms with Crippen LogP contribution in [0.5, 0.6) is 0 Å². The Labute approximate surface area is 70.8 Å². The summed E-state index contributed by atoms with van der Waals surface area (Å²) < 4.78 is 0. The van der Waals surface area contributed by atoms with Crippen LogP contribution in [0.15, 0.2) is 29.9 Å². The largest absolute Gasteiger partial charge is 0.242 e. The van der Waals surface area contributed by atoms with Gasteiger partial charge in [0.2, 0.25) is 0 Å². The highest BCUT2D eigenvalue weighted by Gasteiger charge is 1.92. The van der Waals surface area contributed by atoms with Gasteiger partial charge < -0.3 is 0 Å². The predicted molar refractivity (Wildman–Crippen MR) is 47.7 cm³/mol. The molecule has 2 nitrogen and oxygen atoms in total. The van der Waals surface area contributed by atoms with Crippen LogP contribution in [-0.2, 0) is 0 Å². The molecule has 0 spiro atoms. The van der Waals surface area contributed by atoms with Gasteiger partial charge in [0.15, 0.2) is 0 Å². The van der Waals surface area contributed by atoms with E-state index in [1.165, 1.54) is 0 Å². The van der Waals surface area contributed by atoms with Crippen molar-refractivity contribution < 1.29 is 0 Å². The second-order valence-electron chi connectivity index (χ2n) is 2.04. The normalized spacial score (nSPS) is 9.55. The second kappa shape index (κ2) is 4.13. The van der Waals surface area contributed by atoms with E-state index in [2.05, 4.69) is 16.5 Å². The van der Waals surface area contributed by atoms with Crippen molar-refractivity contribution in [3.8, 4) is 0 Å². The van der Waals surface area contributed by atoms with Gasteiger partial charge in [-0.05, 0) is 13.0 Å². The van der Waals surface area contributed by atoms with Crippen LogP contribution >= 0.6 is 11.8 Å². The van der Waals surface area contributed by atoms with Gasteiger partial charge >= 0.3 is 0 Å². The number of rotatable bonds is 3. The Kier molecular flexibility index (Phi) is 3.11. The summed E-state index contributed by atoms with van der Waals surface area (Å²) in [7, 11) is 0. The molecule has 1 aromatic rings. The highest BCUT2D eigenvalue weighted by Crippen LogP contribution is 2.13. The number of aryl methyl sites for hydroxylation is 1. The SMILES string of the molecule is C=CCSc1ccnc(C)n1. The first-order valence-electron chi connectivity index (χ1n) is 3.36. The van der Waals surface area contributed by atoms with E-state index in [0.717, 1.165) is 16.6 Å². The number of aromatic nitrogens is 2. The summed E-state index contributed by atoms with van der Waals surface area (Å²) in [5.74, 6) is 1.72. The van der Waals surface area contributed by atoms with Gasteiger partial charge in [0.25, 0.3) is 0 Å². The molecule has 0 radical (unpaired) electrons. The zero-order valence-electron chi connectivity index (χ0n) is 6.45. The molecule has 58 valence electrons. The van der Waals surface area contributed by atoms with Crippen molar-refractivity contribution >= 4 is 11.8 Å². The average Bonchev–Trinajstić information content (AvgIpc) is 2.01. The summed E-state index contributed by atoms with van der Waals surface area (Å²) in [4.78, 5) is 8.21. The van der Waals surface area contributed by atoms with Crippen molar-refractivity contribution in [3.63, 3.8) is 0 Å². The van der Waals surface area contributed by atoms with Gasteiger partial charge in [-0.25, -0.2) is 9.97 Å². The van der Waals surface area contributed by atoms with Crippen LogP contribution in [-0.4, -0.2) is 15.7 Å². The minimum Gasteiger partial charge on any atom is -0.242 e. The van der Waals surface area contributed by atoms with Gasteiger partial charge in [-0.15, -0.1) is 18.3 Å². The summed E-state index contributed by atoms with van der Waals surface area (Å²) in [6, 6.07) is 1.90. The third-order valence-corrected chi connectivity index (χ3v) is 2.03. The predicted octanol–water partition coefficient (Wildman–Crippen LogP) is 2.06. The van der Waals surface area contributed by atoms with Gasteiger partial charge in [0.1, 0.15) is 5.82 Å². The monoisotopic (exact) mass is 166 g/mol. The van der Waals surface area contributed by atoms with E-state index in [0.29, 0.717) is 0 Å². The van der Waals surface area contributed by atoms with Crippen molar-refractivity contribution in [2.45, 2.75) is 11.9 Å².